The lowest BCUT2D eigenvalue weighted by Crippen LogP contribution is -2.28. The number of hydrogen-bond acceptors (Lipinski definition) is 4. The number of rotatable bonds is 5. The van der Waals surface area contributed by atoms with Crippen LogP contribution >= 0.6 is 0 Å². The molecule has 1 N–H and O–H groups in total. The fourth-order valence-corrected chi connectivity index (χ4v) is 2.32. The van der Waals surface area contributed by atoms with E-state index in [4.69, 9.17) is 0 Å². The Hall–Kier alpha value is -2.70. The number of aromatic nitrogens is 2. The van der Waals surface area contributed by atoms with E-state index in [-0.39, 0.29) is 24.1 Å². The van der Waals surface area contributed by atoms with E-state index in [0.717, 1.165) is 11.3 Å². The number of nitro benzene ring substituents is 1. The van der Waals surface area contributed by atoms with Gasteiger partial charge in [0, 0.05) is 29.9 Å². The van der Waals surface area contributed by atoms with Crippen LogP contribution in [0.1, 0.15) is 29.8 Å². The van der Waals surface area contributed by atoms with Gasteiger partial charge >= 0.3 is 0 Å². The first kappa shape index (κ1) is 15.7. The van der Waals surface area contributed by atoms with Crippen LogP contribution in [0.25, 0.3) is 0 Å². The summed E-state index contributed by atoms with van der Waals surface area (Å²) in [5, 5.41) is 17.9. The zero-order valence-corrected chi connectivity index (χ0v) is 12.7. The highest BCUT2D eigenvalue weighted by atomic mass is 16.6. The summed E-state index contributed by atoms with van der Waals surface area (Å²) in [4.78, 5) is 22.6. The molecule has 2 rings (SSSR count). The molecule has 7 nitrogen and oxygen atoms in total. The van der Waals surface area contributed by atoms with Crippen LogP contribution in [0.2, 0.25) is 0 Å². The Bertz CT molecular complexity index is 709. The quantitative estimate of drug-likeness (QED) is 0.676. The predicted molar refractivity (Wildman–Crippen MR) is 81.3 cm³/mol. The van der Waals surface area contributed by atoms with E-state index < -0.39 is 4.92 Å². The van der Waals surface area contributed by atoms with Gasteiger partial charge in [0.05, 0.1) is 23.6 Å². The maximum atomic E-state index is 12.1. The SMILES string of the molecule is Cc1c([C@@H](C)NC(=O)Cc2ccccc2[N+](=O)[O-])cnn1C. The van der Waals surface area contributed by atoms with Crippen LogP contribution in [-0.2, 0) is 18.3 Å². The standard InChI is InChI=1S/C15H18N4O3/c1-10(13-9-16-18(3)11(13)2)17-15(20)8-12-6-4-5-7-14(12)19(21)22/h4-7,9-10H,8H2,1-3H3,(H,17,20)/t10-/m1/s1. The molecule has 7 heteroatoms. The minimum atomic E-state index is -0.475. The molecule has 1 heterocycles. The molecule has 0 radical (unpaired) electrons. The Balaban J connectivity index is 2.08. The molecule has 0 saturated carbocycles. The van der Waals surface area contributed by atoms with Crippen molar-refractivity contribution in [1.82, 2.24) is 15.1 Å². The van der Waals surface area contributed by atoms with E-state index in [1.807, 2.05) is 20.9 Å². The van der Waals surface area contributed by atoms with Gasteiger partial charge in [-0.05, 0) is 13.8 Å². The number of carbonyl (C=O) groups is 1. The molecule has 0 saturated heterocycles. The summed E-state index contributed by atoms with van der Waals surface area (Å²) in [6.07, 6.45) is 1.69. The highest BCUT2D eigenvalue weighted by molar-refractivity contribution is 5.80. The topological polar surface area (TPSA) is 90.1 Å². The first-order chi connectivity index (χ1) is 10.4. The maximum absolute atomic E-state index is 12.1. The highest BCUT2D eigenvalue weighted by Crippen LogP contribution is 2.19. The molecule has 116 valence electrons. The minimum Gasteiger partial charge on any atom is -0.349 e. The third kappa shape index (κ3) is 3.30. The summed E-state index contributed by atoms with van der Waals surface area (Å²) in [5.41, 5.74) is 2.26. The van der Waals surface area contributed by atoms with Gasteiger partial charge in [0.2, 0.25) is 5.91 Å². The molecule has 1 aromatic heterocycles. The molecule has 22 heavy (non-hydrogen) atoms. The predicted octanol–water partition coefficient (Wildman–Crippen LogP) is 2.06. The Morgan fingerprint density at radius 3 is 2.73 bits per heavy atom. The number of carbonyl (C=O) groups excluding carboxylic acids is 1. The molecule has 1 amide bonds. The normalized spacial score (nSPS) is 12.0. The van der Waals surface area contributed by atoms with Crippen molar-refractivity contribution in [2.24, 2.45) is 7.05 Å². The van der Waals surface area contributed by atoms with Crippen molar-refractivity contribution in [3.8, 4) is 0 Å². The van der Waals surface area contributed by atoms with Gasteiger partial charge in [0.1, 0.15) is 0 Å². The van der Waals surface area contributed by atoms with Crippen LogP contribution < -0.4 is 5.32 Å². The van der Waals surface area contributed by atoms with E-state index in [9.17, 15) is 14.9 Å². The Labute approximate surface area is 128 Å². The van der Waals surface area contributed by atoms with E-state index in [0.29, 0.717) is 5.56 Å². The van der Waals surface area contributed by atoms with Gasteiger partial charge in [-0.25, -0.2) is 0 Å². The number of nitro groups is 1. The van der Waals surface area contributed by atoms with Gasteiger partial charge in [-0.15, -0.1) is 0 Å². The number of para-hydroxylation sites is 1. The third-order valence-electron chi connectivity index (χ3n) is 3.66. The van der Waals surface area contributed by atoms with Gasteiger partial charge in [0.15, 0.2) is 0 Å². The van der Waals surface area contributed by atoms with Crippen molar-refractivity contribution in [2.45, 2.75) is 26.3 Å². The molecular weight excluding hydrogens is 284 g/mol. The van der Waals surface area contributed by atoms with E-state index >= 15 is 0 Å². The monoisotopic (exact) mass is 302 g/mol. The van der Waals surface area contributed by atoms with Crippen molar-refractivity contribution >= 4 is 11.6 Å². The molecule has 1 atom stereocenters. The summed E-state index contributed by atoms with van der Waals surface area (Å²) in [7, 11) is 1.83. The first-order valence-electron chi connectivity index (χ1n) is 6.90. The van der Waals surface area contributed by atoms with Crippen LogP contribution in [0, 0.1) is 17.0 Å². The zero-order valence-electron chi connectivity index (χ0n) is 12.7. The molecule has 0 fully saturated rings. The molecule has 0 spiro atoms. The molecule has 0 aliphatic carbocycles. The molecule has 0 unspecified atom stereocenters. The summed E-state index contributed by atoms with van der Waals surface area (Å²) in [5.74, 6) is -0.259. The van der Waals surface area contributed by atoms with Crippen molar-refractivity contribution in [2.75, 3.05) is 0 Å². The number of benzene rings is 1. The fourth-order valence-electron chi connectivity index (χ4n) is 2.32. The first-order valence-corrected chi connectivity index (χ1v) is 6.90. The smallest absolute Gasteiger partial charge is 0.273 e. The second-order valence-electron chi connectivity index (χ2n) is 5.16. The van der Waals surface area contributed by atoms with Gasteiger partial charge in [0.25, 0.3) is 5.69 Å². The number of nitrogens with one attached hydrogen (secondary N) is 1. The zero-order chi connectivity index (χ0) is 16.3. The Morgan fingerprint density at radius 2 is 2.14 bits per heavy atom. The highest BCUT2D eigenvalue weighted by Gasteiger charge is 2.18. The molecule has 2 aromatic rings. The van der Waals surface area contributed by atoms with Crippen LogP contribution in [0.15, 0.2) is 30.5 Å². The molecular formula is C15H18N4O3. The fraction of sp³-hybridized carbons (Fsp3) is 0.333. The van der Waals surface area contributed by atoms with Crippen LogP contribution in [0.5, 0.6) is 0 Å². The summed E-state index contributed by atoms with van der Waals surface area (Å²) in [6.45, 7) is 3.79. The molecule has 1 aromatic carbocycles. The number of nitrogens with zero attached hydrogens (tertiary/aromatic N) is 3. The van der Waals surface area contributed by atoms with Crippen molar-refractivity contribution in [1.29, 1.82) is 0 Å². The van der Waals surface area contributed by atoms with Crippen molar-refractivity contribution in [3.63, 3.8) is 0 Å². The Kier molecular flexibility index (Phi) is 4.55. The van der Waals surface area contributed by atoms with Gasteiger partial charge in [-0.1, -0.05) is 18.2 Å². The lowest BCUT2D eigenvalue weighted by atomic mass is 10.1. The molecule has 0 aliphatic heterocycles. The van der Waals surface area contributed by atoms with Crippen LogP contribution in [0.4, 0.5) is 5.69 Å². The van der Waals surface area contributed by atoms with Gasteiger partial charge in [-0.3, -0.25) is 19.6 Å². The van der Waals surface area contributed by atoms with Crippen molar-refractivity contribution in [3.05, 3.63) is 57.4 Å². The summed E-state index contributed by atoms with van der Waals surface area (Å²) < 4.78 is 1.74. The third-order valence-corrected chi connectivity index (χ3v) is 3.66. The Morgan fingerprint density at radius 1 is 1.45 bits per heavy atom. The lowest BCUT2D eigenvalue weighted by molar-refractivity contribution is -0.385. The maximum Gasteiger partial charge on any atom is 0.273 e. The molecule has 0 bridgehead atoms. The van der Waals surface area contributed by atoms with Gasteiger partial charge in [-0.2, -0.15) is 5.10 Å². The molecule has 0 aliphatic rings. The lowest BCUT2D eigenvalue weighted by Gasteiger charge is -2.13. The largest absolute Gasteiger partial charge is 0.349 e. The average molecular weight is 302 g/mol. The number of hydrogen-bond donors (Lipinski definition) is 1. The van der Waals surface area contributed by atoms with E-state index in [1.165, 1.54) is 6.07 Å². The van der Waals surface area contributed by atoms with E-state index in [1.54, 1.807) is 29.1 Å². The number of amides is 1. The number of aryl methyl sites for hydroxylation is 1. The van der Waals surface area contributed by atoms with Crippen molar-refractivity contribution < 1.29 is 9.72 Å². The van der Waals surface area contributed by atoms with Crippen LogP contribution in [-0.4, -0.2) is 20.6 Å². The van der Waals surface area contributed by atoms with E-state index in [2.05, 4.69) is 10.4 Å². The summed E-state index contributed by atoms with van der Waals surface area (Å²) in [6, 6.07) is 6.06. The van der Waals surface area contributed by atoms with Gasteiger partial charge < -0.3 is 5.32 Å². The minimum absolute atomic E-state index is 0.0270. The second-order valence-corrected chi connectivity index (χ2v) is 5.16. The average Bonchev–Trinajstić information content (AvgIpc) is 2.79. The second kappa shape index (κ2) is 6.38. The summed E-state index contributed by atoms with van der Waals surface area (Å²) >= 11 is 0. The van der Waals surface area contributed by atoms with Crippen LogP contribution in [0.3, 0.4) is 0 Å².